The van der Waals surface area contributed by atoms with Gasteiger partial charge in [0.25, 0.3) is 0 Å². The van der Waals surface area contributed by atoms with Gasteiger partial charge >= 0.3 is 0 Å². The van der Waals surface area contributed by atoms with Crippen LogP contribution in [0.3, 0.4) is 0 Å². The third-order valence-corrected chi connectivity index (χ3v) is 4.06. The number of aliphatic imine (C=N–C) groups is 1. The zero-order chi connectivity index (χ0) is 16.7. The van der Waals surface area contributed by atoms with Gasteiger partial charge in [0.05, 0.1) is 12.1 Å². The van der Waals surface area contributed by atoms with Crippen molar-refractivity contribution in [2.45, 2.75) is 58.2 Å². The zero-order valence-corrected chi connectivity index (χ0v) is 14.4. The van der Waals surface area contributed by atoms with Crippen molar-refractivity contribution in [3.63, 3.8) is 0 Å². The predicted molar refractivity (Wildman–Crippen MR) is 89.1 cm³/mol. The average Bonchev–Trinajstić information content (AvgIpc) is 2.84. The summed E-state index contributed by atoms with van der Waals surface area (Å²) in [5.74, 6) is 0.295. The largest absolute Gasteiger partial charge is 0.347 e. The molecule has 0 radical (unpaired) electrons. The Hall–Kier alpha value is -1.43. The van der Waals surface area contributed by atoms with Crippen molar-refractivity contribution in [2.24, 2.45) is 10.9 Å². The third kappa shape index (κ3) is 4.80. The van der Waals surface area contributed by atoms with Gasteiger partial charge in [-0.2, -0.15) is 0 Å². The normalized spacial score (nSPS) is 21.6. The molecule has 2 amide bonds. The summed E-state index contributed by atoms with van der Waals surface area (Å²) in [5, 5.41) is 6.02. The third-order valence-electron chi connectivity index (χ3n) is 4.06. The molecule has 0 bridgehead atoms. The van der Waals surface area contributed by atoms with Crippen LogP contribution in [0, 0.1) is 5.92 Å². The number of carbonyl (C=O) groups excluding carboxylic acids is 2. The fourth-order valence-electron chi connectivity index (χ4n) is 2.81. The molecule has 0 unspecified atom stereocenters. The number of carbonyl (C=O) groups is 2. The standard InChI is InChI=1S/C16H30N4O2/c1-6-12(10-17-4)19-15(21)14(9-11(2)3)20-8-7-13(18-5)16(20)22/h10-14,18H,6-9H2,1-5H3,(H,19,21)/t12-,13+,14-/m0/s1. The summed E-state index contributed by atoms with van der Waals surface area (Å²) in [7, 11) is 3.48. The number of nitrogens with one attached hydrogen (secondary N) is 2. The Bertz CT molecular complexity index is 409. The molecule has 0 aromatic carbocycles. The maximum Gasteiger partial charge on any atom is 0.243 e. The second kappa shape index (κ2) is 8.88. The molecule has 22 heavy (non-hydrogen) atoms. The van der Waals surface area contributed by atoms with E-state index in [1.54, 1.807) is 25.2 Å². The minimum Gasteiger partial charge on any atom is -0.347 e. The van der Waals surface area contributed by atoms with Crippen LogP contribution in [0.15, 0.2) is 4.99 Å². The smallest absolute Gasteiger partial charge is 0.243 e. The number of hydrogen-bond donors (Lipinski definition) is 2. The highest BCUT2D eigenvalue weighted by molar-refractivity contribution is 5.92. The van der Waals surface area contributed by atoms with Crippen LogP contribution in [0.1, 0.15) is 40.0 Å². The SMILES string of the molecule is CC[C@@H](C=NC)NC(=O)[C@H](CC(C)C)N1CC[C@@H](NC)C1=O. The molecule has 1 aliphatic rings. The Labute approximate surface area is 133 Å². The second-order valence-corrected chi connectivity index (χ2v) is 6.24. The van der Waals surface area contributed by atoms with E-state index in [0.29, 0.717) is 18.9 Å². The van der Waals surface area contributed by atoms with Crippen molar-refractivity contribution in [3.05, 3.63) is 0 Å². The average molecular weight is 310 g/mol. The first-order valence-corrected chi connectivity index (χ1v) is 8.14. The van der Waals surface area contributed by atoms with Crippen molar-refractivity contribution in [3.8, 4) is 0 Å². The molecule has 6 heteroatoms. The topological polar surface area (TPSA) is 73.8 Å². The Kier molecular flexibility index (Phi) is 7.51. The monoisotopic (exact) mass is 310 g/mol. The van der Waals surface area contributed by atoms with E-state index in [0.717, 1.165) is 12.8 Å². The summed E-state index contributed by atoms with van der Waals surface area (Å²) in [5.41, 5.74) is 0. The first-order chi connectivity index (χ1) is 10.4. The van der Waals surface area contributed by atoms with Gasteiger partial charge in [0.2, 0.25) is 11.8 Å². The van der Waals surface area contributed by atoms with Crippen LogP contribution in [0.25, 0.3) is 0 Å². The number of likely N-dealkylation sites (tertiary alicyclic amines) is 1. The summed E-state index contributed by atoms with van der Waals surface area (Å²) >= 11 is 0. The van der Waals surface area contributed by atoms with Crippen molar-refractivity contribution in [1.29, 1.82) is 0 Å². The molecule has 6 nitrogen and oxygen atoms in total. The van der Waals surface area contributed by atoms with E-state index < -0.39 is 6.04 Å². The van der Waals surface area contributed by atoms with Crippen molar-refractivity contribution >= 4 is 18.0 Å². The minimum atomic E-state index is -0.398. The zero-order valence-electron chi connectivity index (χ0n) is 14.4. The molecule has 1 rings (SSSR count). The molecule has 0 aromatic rings. The Morgan fingerprint density at radius 3 is 2.64 bits per heavy atom. The maximum absolute atomic E-state index is 12.7. The molecule has 1 fully saturated rings. The lowest BCUT2D eigenvalue weighted by Gasteiger charge is -2.29. The van der Waals surface area contributed by atoms with Gasteiger partial charge < -0.3 is 15.5 Å². The van der Waals surface area contributed by atoms with Crippen molar-refractivity contribution in [2.75, 3.05) is 20.6 Å². The highest BCUT2D eigenvalue weighted by Gasteiger charge is 2.38. The Balaban J connectivity index is 2.84. The van der Waals surface area contributed by atoms with Crippen molar-refractivity contribution < 1.29 is 9.59 Å². The molecular weight excluding hydrogens is 280 g/mol. The van der Waals surface area contributed by atoms with Crippen LogP contribution < -0.4 is 10.6 Å². The fourth-order valence-corrected chi connectivity index (χ4v) is 2.81. The molecule has 0 saturated carbocycles. The van der Waals surface area contributed by atoms with E-state index in [1.807, 2.05) is 6.92 Å². The van der Waals surface area contributed by atoms with Gasteiger partial charge in [-0.15, -0.1) is 0 Å². The van der Waals surface area contributed by atoms with Gasteiger partial charge in [0.1, 0.15) is 6.04 Å². The molecule has 0 aromatic heterocycles. The van der Waals surface area contributed by atoms with Gasteiger partial charge in [-0.05, 0) is 32.2 Å². The lowest BCUT2D eigenvalue weighted by atomic mass is 10.0. The Morgan fingerprint density at radius 1 is 1.50 bits per heavy atom. The Morgan fingerprint density at radius 2 is 2.18 bits per heavy atom. The van der Waals surface area contributed by atoms with E-state index >= 15 is 0 Å². The lowest BCUT2D eigenvalue weighted by Crippen LogP contribution is -2.52. The van der Waals surface area contributed by atoms with Crippen LogP contribution in [-0.4, -0.2) is 61.7 Å². The van der Waals surface area contributed by atoms with Gasteiger partial charge in [-0.1, -0.05) is 20.8 Å². The minimum absolute atomic E-state index is 0.0282. The highest BCUT2D eigenvalue weighted by Crippen LogP contribution is 2.20. The highest BCUT2D eigenvalue weighted by atomic mass is 16.2. The molecule has 2 N–H and O–H groups in total. The van der Waals surface area contributed by atoms with E-state index in [-0.39, 0.29) is 23.9 Å². The lowest BCUT2D eigenvalue weighted by molar-refractivity contribution is -0.139. The number of nitrogens with zero attached hydrogens (tertiary/aromatic N) is 2. The first-order valence-electron chi connectivity index (χ1n) is 8.14. The fraction of sp³-hybridized carbons (Fsp3) is 0.812. The van der Waals surface area contributed by atoms with E-state index in [4.69, 9.17) is 0 Å². The van der Waals surface area contributed by atoms with Crippen LogP contribution in [0.5, 0.6) is 0 Å². The van der Waals surface area contributed by atoms with Gasteiger partial charge in [-0.25, -0.2) is 0 Å². The molecule has 0 spiro atoms. The van der Waals surface area contributed by atoms with Crippen LogP contribution in [-0.2, 0) is 9.59 Å². The molecule has 1 aliphatic heterocycles. The van der Waals surface area contributed by atoms with E-state index in [9.17, 15) is 9.59 Å². The van der Waals surface area contributed by atoms with Crippen LogP contribution >= 0.6 is 0 Å². The van der Waals surface area contributed by atoms with Gasteiger partial charge in [0, 0.05) is 19.8 Å². The molecule has 1 heterocycles. The predicted octanol–water partition coefficient (Wildman–Crippen LogP) is 0.817. The van der Waals surface area contributed by atoms with Crippen LogP contribution in [0.2, 0.25) is 0 Å². The van der Waals surface area contributed by atoms with E-state index in [2.05, 4.69) is 29.5 Å². The number of likely N-dealkylation sites (N-methyl/N-ethyl adjacent to an activating group) is 1. The van der Waals surface area contributed by atoms with E-state index in [1.165, 1.54) is 0 Å². The molecule has 3 atom stereocenters. The first kappa shape index (κ1) is 18.6. The number of rotatable bonds is 8. The van der Waals surface area contributed by atoms with Crippen LogP contribution in [0.4, 0.5) is 0 Å². The number of amides is 2. The summed E-state index contributed by atoms with van der Waals surface area (Å²) < 4.78 is 0. The summed E-state index contributed by atoms with van der Waals surface area (Å²) in [6, 6.07) is -0.642. The quantitative estimate of drug-likeness (QED) is 0.652. The van der Waals surface area contributed by atoms with Gasteiger partial charge in [0.15, 0.2) is 0 Å². The summed E-state index contributed by atoms with van der Waals surface area (Å²) in [6.45, 7) is 6.78. The number of hydrogen-bond acceptors (Lipinski definition) is 4. The molecule has 0 aliphatic carbocycles. The molecular formula is C16H30N4O2. The molecule has 1 saturated heterocycles. The molecule has 126 valence electrons. The maximum atomic E-state index is 12.7. The van der Waals surface area contributed by atoms with Gasteiger partial charge in [-0.3, -0.25) is 14.6 Å². The summed E-state index contributed by atoms with van der Waals surface area (Å²) in [4.78, 5) is 30.8. The van der Waals surface area contributed by atoms with Crippen molar-refractivity contribution in [1.82, 2.24) is 15.5 Å². The summed E-state index contributed by atoms with van der Waals surface area (Å²) in [6.07, 6.45) is 3.95. The second-order valence-electron chi connectivity index (χ2n) is 6.24.